The van der Waals surface area contributed by atoms with Gasteiger partial charge in [-0.2, -0.15) is 0 Å². The van der Waals surface area contributed by atoms with Crippen LogP contribution in [0.5, 0.6) is 0 Å². The Labute approximate surface area is 270 Å². The van der Waals surface area contributed by atoms with Gasteiger partial charge in [0, 0.05) is 25.0 Å². The molecule has 1 saturated heterocycles. The lowest BCUT2D eigenvalue weighted by Gasteiger charge is -2.47. The van der Waals surface area contributed by atoms with Crippen molar-refractivity contribution in [1.82, 2.24) is 15.5 Å². The van der Waals surface area contributed by atoms with Crippen LogP contribution in [0.4, 0.5) is 0 Å². The second-order valence-corrected chi connectivity index (χ2v) is 17.5. The Bertz CT molecular complexity index is 1370. The largest absolute Gasteiger partial charge is 0.390 e. The van der Waals surface area contributed by atoms with Gasteiger partial charge in [-0.05, 0) is 76.8 Å². The lowest BCUT2D eigenvalue weighted by Crippen LogP contribution is -2.60. The van der Waals surface area contributed by atoms with Crippen LogP contribution in [-0.4, -0.2) is 71.8 Å². The van der Waals surface area contributed by atoms with Crippen LogP contribution in [0.2, 0.25) is 0 Å². The molecule has 1 aliphatic carbocycles. The van der Waals surface area contributed by atoms with Gasteiger partial charge in [0.2, 0.25) is 11.8 Å². The maximum absolute atomic E-state index is 13.5. The van der Waals surface area contributed by atoms with E-state index < -0.39 is 32.6 Å². The fourth-order valence-corrected chi connectivity index (χ4v) is 8.26. The van der Waals surface area contributed by atoms with E-state index in [1.807, 2.05) is 57.2 Å². The average molecular weight is 640 g/mol. The van der Waals surface area contributed by atoms with Gasteiger partial charge >= 0.3 is 0 Å². The van der Waals surface area contributed by atoms with Gasteiger partial charge in [-0.3, -0.25) is 14.5 Å². The van der Waals surface area contributed by atoms with Crippen molar-refractivity contribution >= 4 is 21.7 Å². The van der Waals surface area contributed by atoms with Gasteiger partial charge in [-0.25, -0.2) is 8.42 Å². The molecule has 8 nitrogen and oxygen atoms in total. The van der Waals surface area contributed by atoms with E-state index in [0.29, 0.717) is 23.8 Å². The third-order valence-electron chi connectivity index (χ3n) is 9.46. The van der Waals surface area contributed by atoms with Crippen LogP contribution in [-0.2, 0) is 31.6 Å². The number of aliphatic hydroxyl groups excluding tert-OH is 1. The molecule has 2 aliphatic rings. The highest BCUT2D eigenvalue weighted by Gasteiger charge is 2.42. The number of β-amino-alcohol motifs (C(OH)–C–C–N with tert-alkyl or cyclic N) is 1. The third kappa shape index (κ3) is 9.87. The van der Waals surface area contributed by atoms with E-state index in [1.165, 1.54) is 12.8 Å². The van der Waals surface area contributed by atoms with Crippen molar-refractivity contribution in [3.05, 3.63) is 71.8 Å². The van der Waals surface area contributed by atoms with Crippen molar-refractivity contribution in [2.45, 2.75) is 114 Å². The normalized spacial score (nSPS) is 22.6. The molecule has 45 heavy (non-hydrogen) atoms. The smallest absolute Gasteiger partial charge is 0.237 e. The van der Waals surface area contributed by atoms with Crippen LogP contribution < -0.4 is 10.6 Å². The number of nitrogens with one attached hydrogen (secondary N) is 2. The number of hydrogen-bond acceptors (Lipinski definition) is 6. The minimum Gasteiger partial charge on any atom is -0.390 e. The molecule has 2 aromatic carbocycles. The topological polar surface area (TPSA) is 116 Å². The highest BCUT2D eigenvalue weighted by Crippen LogP contribution is 2.39. The SMILES string of the molecule is CC(C)(C)NC(=O)[C@@H]1CC2CCCCC2CN1C[C@@H](O)[C@H](Cc1ccccc1)NC(=O)CC(C)(C)S(=O)(=O)Cc1ccccc1. The molecular formula is C36H53N3O5S. The van der Waals surface area contributed by atoms with Crippen LogP contribution in [0.1, 0.15) is 84.3 Å². The molecule has 0 bridgehead atoms. The van der Waals surface area contributed by atoms with Crippen LogP contribution in [0.25, 0.3) is 0 Å². The summed E-state index contributed by atoms with van der Waals surface area (Å²) in [6, 6.07) is 17.6. The maximum Gasteiger partial charge on any atom is 0.237 e. The molecule has 2 amide bonds. The molecule has 5 atom stereocenters. The summed E-state index contributed by atoms with van der Waals surface area (Å²) in [6.45, 7) is 10.1. The lowest BCUT2D eigenvalue weighted by molar-refractivity contribution is -0.133. The third-order valence-corrected chi connectivity index (χ3v) is 12.0. The maximum atomic E-state index is 13.5. The van der Waals surface area contributed by atoms with Gasteiger partial charge in [0.25, 0.3) is 0 Å². The molecule has 1 aliphatic heterocycles. The van der Waals surface area contributed by atoms with E-state index in [-0.39, 0.29) is 36.2 Å². The second-order valence-electron chi connectivity index (χ2n) is 14.9. The number of piperidine rings is 1. The van der Waals surface area contributed by atoms with Crippen LogP contribution >= 0.6 is 0 Å². The number of hydrogen-bond donors (Lipinski definition) is 3. The number of nitrogens with zero attached hydrogens (tertiary/aromatic N) is 1. The molecule has 1 heterocycles. The van der Waals surface area contributed by atoms with Crippen LogP contribution in [0.15, 0.2) is 60.7 Å². The molecule has 3 N–H and O–H groups in total. The number of rotatable bonds is 12. The average Bonchev–Trinajstić information content (AvgIpc) is 2.96. The van der Waals surface area contributed by atoms with Gasteiger partial charge in [0.15, 0.2) is 9.84 Å². The van der Waals surface area contributed by atoms with E-state index in [1.54, 1.807) is 38.1 Å². The number of fused-ring (bicyclic) bond motifs is 1. The predicted molar refractivity (Wildman–Crippen MR) is 179 cm³/mol. The summed E-state index contributed by atoms with van der Waals surface area (Å²) in [6.07, 6.45) is 4.59. The summed E-state index contributed by atoms with van der Waals surface area (Å²) < 4.78 is 25.4. The number of benzene rings is 2. The lowest BCUT2D eigenvalue weighted by atomic mass is 9.72. The van der Waals surface area contributed by atoms with E-state index in [9.17, 15) is 23.1 Å². The number of aliphatic hydroxyl groups is 1. The predicted octanol–water partition coefficient (Wildman–Crippen LogP) is 4.65. The summed E-state index contributed by atoms with van der Waals surface area (Å²) >= 11 is 0. The summed E-state index contributed by atoms with van der Waals surface area (Å²) in [5.74, 6) is 0.391. The second kappa shape index (κ2) is 14.8. The zero-order valence-corrected chi connectivity index (χ0v) is 28.5. The first-order valence-electron chi connectivity index (χ1n) is 16.5. The first kappa shape index (κ1) is 35.1. The van der Waals surface area contributed by atoms with Gasteiger partial charge in [0.1, 0.15) is 0 Å². The number of carbonyl (C=O) groups excluding carboxylic acids is 2. The van der Waals surface area contributed by atoms with E-state index in [4.69, 9.17) is 0 Å². The Hall–Kier alpha value is -2.75. The summed E-state index contributed by atoms with van der Waals surface area (Å²) in [5.41, 5.74) is 1.25. The van der Waals surface area contributed by atoms with Crippen LogP contribution in [0.3, 0.4) is 0 Å². The summed E-state index contributed by atoms with van der Waals surface area (Å²) in [4.78, 5) is 29.2. The number of amides is 2. The number of carbonyl (C=O) groups is 2. The Kier molecular flexibility index (Phi) is 11.5. The van der Waals surface area contributed by atoms with Crippen molar-refractivity contribution in [3.63, 3.8) is 0 Å². The molecule has 2 unspecified atom stereocenters. The minimum absolute atomic E-state index is 0.0206. The van der Waals surface area contributed by atoms with Gasteiger partial charge in [-0.15, -0.1) is 0 Å². The highest BCUT2D eigenvalue weighted by molar-refractivity contribution is 7.92. The molecule has 248 valence electrons. The first-order valence-corrected chi connectivity index (χ1v) is 18.1. The molecule has 9 heteroatoms. The zero-order valence-electron chi connectivity index (χ0n) is 27.7. The van der Waals surface area contributed by atoms with Crippen molar-refractivity contribution in [3.8, 4) is 0 Å². The number of likely N-dealkylation sites (tertiary alicyclic amines) is 1. The van der Waals surface area contributed by atoms with Crippen molar-refractivity contribution < 1.29 is 23.1 Å². The molecule has 0 spiro atoms. The Morgan fingerprint density at radius 2 is 1.49 bits per heavy atom. The molecule has 2 fully saturated rings. The van der Waals surface area contributed by atoms with Gasteiger partial charge in [-0.1, -0.05) is 79.9 Å². The summed E-state index contributed by atoms with van der Waals surface area (Å²) in [5, 5.41) is 17.9. The Morgan fingerprint density at radius 3 is 2.09 bits per heavy atom. The molecular weight excluding hydrogens is 586 g/mol. The number of sulfone groups is 1. The molecule has 0 radical (unpaired) electrons. The van der Waals surface area contributed by atoms with Gasteiger partial charge in [0.05, 0.1) is 28.7 Å². The molecule has 1 saturated carbocycles. The summed E-state index contributed by atoms with van der Waals surface area (Å²) in [7, 11) is -3.66. The van der Waals surface area contributed by atoms with Crippen molar-refractivity contribution in [1.29, 1.82) is 0 Å². The van der Waals surface area contributed by atoms with Crippen molar-refractivity contribution in [2.24, 2.45) is 11.8 Å². The van der Waals surface area contributed by atoms with Crippen LogP contribution in [0, 0.1) is 11.8 Å². The Morgan fingerprint density at radius 1 is 0.911 bits per heavy atom. The monoisotopic (exact) mass is 639 g/mol. The van der Waals surface area contributed by atoms with E-state index >= 15 is 0 Å². The fourth-order valence-electron chi connectivity index (χ4n) is 6.89. The quantitative estimate of drug-likeness (QED) is 0.311. The highest BCUT2D eigenvalue weighted by atomic mass is 32.2. The van der Waals surface area contributed by atoms with E-state index in [0.717, 1.165) is 31.4 Å². The molecule has 2 aromatic rings. The van der Waals surface area contributed by atoms with Crippen molar-refractivity contribution in [2.75, 3.05) is 13.1 Å². The molecule has 0 aromatic heterocycles. The van der Waals surface area contributed by atoms with E-state index in [2.05, 4.69) is 15.5 Å². The fraction of sp³-hybridized carbons (Fsp3) is 0.611. The zero-order chi connectivity index (χ0) is 32.8. The minimum atomic E-state index is -3.66. The first-order chi connectivity index (χ1) is 21.1. The molecule has 4 rings (SSSR count). The Balaban J connectivity index is 1.51. The standard InChI is InChI=1S/C36H53N3O5S/c1-35(2,3)38-34(42)31-21-28-18-12-13-19-29(28)23-39(31)24-32(40)30(20-26-14-8-6-9-15-26)37-33(41)22-36(4,5)45(43,44)25-27-16-10-7-11-17-27/h6-11,14-17,28-32,40H,12-13,18-25H2,1-5H3,(H,37,41)(H,38,42)/t28?,29?,30-,31-,32+/m0/s1. The van der Waals surface area contributed by atoms with Gasteiger partial charge < -0.3 is 15.7 Å².